The maximum absolute atomic E-state index is 10.8. The maximum Gasteiger partial charge on any atom is 0.384 e. The van der Waals surface area contributed by atoms with E-state index in [0.29, 0.717) is 0 Å². The Morgan fingerprint density at radius 2 is 2.08 bits per heavy atom. The second-order valence-electron chi connectivity index (χ2n) is 3.55. The van der Waals surface area contributed by atoms with Crippen molar-refractivity contribution >= 4 is 5.97 Å². The molecule has 0 radical (unpaired) electrons. The first-order valence-corrected chi connectivity index (χ1v) is 4.48. The van der Waals surface area contributed by atoms with E-state index in [-0.39, 0.29) is 5.41 Å². The Bertz CT molecular complexity index is 243. The number of esters is 1. The first-order valence-electron chi connectivity index (χ1n) is 4.48. The Labute approximate surface area is 78.8 Å². The van der Waals surface area contributed by atoms with Crippen LogP contribution in [0.25, 0.3) is 0 Å². The molecule has 0 aromatic heterocycles. The highest BCUT2D eigenvalue weighted by molar-refractivity contribution is 5.88. The molecule has 3 heteroatoms. The lowest BCUT2D eigenvalue weighted by Crippen LogP contribution is -2.33. The highest BCUT2D eigenvalue weighted by Gasteiger charge is 2.24. The Balaban J connectivity index is 2.57. The first kappa shape index (κ1) is 10.1. The third-order valence-electron chi connectivity index (χ3n) is 2.36. The molecule has 0 amide bonds. The third kappa shape index (κ3) is 3.08. The number of hydrogen-bond donors (Lipinski definition) is 1. The van der Waals surface area contributed by atoms with E-state index >= 15 is 0 Å². The molecule has 1 aliphatic heterocycles. The van der Waals surface area contributed by atoms with Crippen LogP contribution in [-0.2, 0) is 9.53 Å². The molecular formula is C10H15NO2. The zero-order chi connectivity index (χ0) is 9.73. The summed E-state index contributed by atoms with van der Waals surface area (Å²) in [5.74, 6) is 5.04. The molecule has 1 aliphatic rings. The van der Waals surface area contributed by atoms with Crippen molar-refractivity contribution in [3.05, 3.63) is 0 Å². The SMILES string of the molecule is COC(=O)C#CC1(C)CCNCC1. The molecule has 0 aromatic rings. The molecule has 0 aromatic carbocycles. The zero-order valence-corrected chi connectivity index (χ0v) is 8.14. The van der Waals surface area contributed by atoms with Gasteiger partial charge in [0.25, 0.3) is 0 Å². The summed E-state index contributed by atoms with van der Waals surface area (Å²) in [6.07, 6.45) is 1.99. The predicted molar refractivity (Wildman–Crippen MR) is 50.0 cm³/mol. The van der Waals surface area contributed by atoms with Gasteiger partial charge in [-0.1, -0.05) is 5.92 Å². The van der Waals surface area contributed by atoms with Crippen molar-refractivity contribution in [1.82, 2.24) is 5.32 Å². The standard InChI is InChI=1S/C10H15NO2/c1-10(4-3-9(12)13-2)5-7-11-8-6-10/h11H,5-8H2,1-2H3. The van der Waals surface area contributed by atoms with Crippen molar-refractivity contribution in [2.75, 3.05) is 20.2 Å². The lowest BCUT2D eigenvalue weighted by atomic mass is 9.82. The smallest absolute Gasteiger partial charge is 0.384 e. The Morgan fingerprint density at radius 1 is 1.46 bits per heavy atom. The van der Waals surface area contributed by atoms with Crippen molar-refractivity contribution in [2.45, 2.75) is 19.8 Å². The van der Waals surface area contributed by atoms with Crippen LogP contribution in [0.1, 0.15) is 19.8 Å². The van der Waals surface area contributed by atoms with Gasteiger partial charge in [-0.25, -0.2) is 4.79 Å². The van der Waals surface area contributed by atoms with Crippen LogP contribution in [0.3, 0.4) is 0 Å². The van der Waals surface area contributed by atoms with E-state index in [9.17, 15) is 4.79 Å². The minimum absolute atomic E-state index is 0.0144. The number of rotatable bonds is 0. The minimum atomic E-state index is -0.445. The highest BCUT2D eigenvalue weighted by Crippen LogP contribution is 2.26. The van der Waals surface area contributed by atoms with Crippen molar-refractivity contribution in [1.29, 1.82) is 0 Å². The van der Waals surface area contributed by atoms with E-state index in [1.165, 1.54) is 7.11 Å². The molecule has 0 spiro atoms. The van der Waals surface area contributed by atoms with Crippen LogP contribution < -0.4 is 5.32 Å². The molecule has 72 valence electrons. The number of piperidine rings is 1. The third-order valence-corrected chi connectivity index (χ3v) is 2.36. The summed E-state index contributed by atoms with van der Waals surface area (Å²) in [7, 11) is 1.35. The first-order chi connectivity index (χ1) is 6.16. The number of carbonyl (C=O) groups excluding carboxylic acids is 1. The van der Waals surface area contributed by atoms with E-state index in [2.05, 4.69) is 28.8 Å². The van der Waals surface area contributed by atoms with Gasteiger partial charge >= 0.3 is 5.97 Å². The van der Waals surface area contributed by atoms with E-state index in [1.54, 1.807) is 0 Å². The fourth-order valence-electron chi connectivity index (χ4n) is 1.36. The minimum Gasteiger partial charge on any atom is -0.459 e. The number of methoxy groups -OCH3 is 1. The fourth-order valence-corrected chi connectivity index (χ4v) is 1.36. The Hall–Kier alpha value is -1.01. The molecule has 0 saturated carbocycles. The van der Waals surface area contributed by atoms with Gasteiger partial charge in [0.1, 0.15) is 0 Å². The molecule has 13 heavy (non-hydrogen) atoms. The molecule has 1 rings (SSSR count). The summed E-state index contributed by atoms with van der Waals surface area (Å²) in [5.41, 5.74) is -0.0144. The Morgan fingerprint density at radius 3 is 2.62 bits per heavy atom. The Kier molecular flexibility index (Phi) is 3.32. The summed E-state index contributed by atoms with van der Waals surface area (Å²) in [6, 6.07) is 0. The molecule has 0 aliphatic carbocycles. The summed E-state index contributed by atoms with van der Waals surface area (Å²) in [4.78, 5) is 10.8. The molecule has 1 heterocycles. The van der Waals surface area contributed by atoms with Crippen molar-refractivity contribution in [3.8, 4) is 11.8 Å². The molecular weight excluding hydrogens is 166 g/mol. The van der Waals surface area contributed by atoms with Crippen LogP contribution in [0, 0.1) is 17.3 Å². The lowest BCUT2D eigenvalue weighted by molar-refractivity contribution is -0.133. The van der Waals surface area contributed by atoms with E-state index < -0.39 is 5.97 Å². The van der Waals surface area contributed by atoms with Gasteiger partial charge in [0.05, 0.1) is 7.11 Å². The lowest BCUT2D eigenvalue weighted by Gasteiger charge is -2.28. The van der Waals surface area contributed by atoms with Gasteiger partial charge < -0.3 is 10.1 Å². The van der Waals surface area contributed by atoms with E-state index in [4.69, 9.17) is 0 Å². The normalized spacial score (nSPS) is 19.8. The quantitative estimate of drug-likeness (QED) is 0.337. The zero-order valence-electron chi connectivity index (χ0n) is 8.14. The van der Waals surface area contributed by atoms with Gasteiger partial charge in [-0.2, -0.15) is 0 Å². The summed E-state index contributed by atoms with van der Waals surface area (Å²) >= 11 is 0. The van der Waals surface area contributed by atoms with Gasteiger partial charge in [-0.05, 0) is 32.9 Å². The van der Waals surface area contributed by atoms with Gasteiger partial charge in [0.15, 0.2) is 0 Å². The molecule has 1 saturated heterocycles. The largest absolute Gasteiger partial charge is 0.459 e. The van der Waals surface area contributed by atoms with Crippen LogP contribution in [0.15, 0.2) is 0 Å². The van der Waals surface area contributed by atoms with Gasteiger partial charge in [0, 0.05) is 11.3 Å². The predicted octanol–water partition coefficient (Wildman–Crippen LogP) is 0.552. The van der Waals surface area contributed by atoms with Crippen LogP contribution >= 0.6 is 0 Å². The molecule has 1 N–H and O–H groups in total. The van der Waals surface area contributed by atoms with Crippen LogP contribution in [0.5, 0.6) is 0 Å². The number of hydrogen-bond acceptors (Lipinski definition) is 3. The molecule has 3 nitrogen and oxygen atoms in total. The van der Waals surface area contributed by atoms with Crippen molar-refractivity contribution in [2.24, 2.45) is 5.41 Å². The summed E-state index contributed by atoms with van der Waals surface area (Å²) < 4.78 is 4.46. The summed E-state index contributed by atoms with van der Waals surface area (Å²) in [6.45, 7) is 4.04. The van der Waals surface area contributed by atoms with Crippen molar-refractivity contribution in [3.63, 3.8) is 0 Å². The van der Waals surface area contributed by atoms with Gasteiger partial charge in [-0.15, -0.1) is 0 Å². The average molecular weight is 181 g/mol. The van der Waals surface area contributed by atoms with Gasteiger partial charge in [-0.3, -0.25) is 0 Å². The van der Waals surface area contributed by atoms with Crippen molar-refractivity contribution < 1.29 is 9.53 Å². The van der Waals surface area contributed by atoms with Gasteiger partial charge in [0.2, 0.25) is 0 Å². The van der Waals surface area contributed by atoms with Crippen LogP contribution in [0.4, 0.5) is 0 Å². The topological polar surface area (TPSA) is 38.3 Å². The van der Waals surface area contributed by atoms with Crippen LogP contribution in [0.2, 0.25) is 0 Å². The molecule has 1 fully saturated rings. The maximum atomic E-state index is 10.8. The second kappa shape index (κ2) is 4.29. The monoisotopic (exact) mass is 181 g/mol. The molecule has 0 bridgehead atoms. The van der Waals surface area contributed by atoms with Crippen LogP contribution in [-0.4, -0.2) is 26.2 Å². The second-order valence-corrected chi connectivity index (χ2v) is 3.55. The molecule has 0 atom stereocenters. The number of ether oxygens (including phenoxy) is 1. The average Bonchev–Trinajstić information content (AvgIpc) is 2.15. The number of nitrogens with one attached hydrogen (secondary N) is 1. The highest BCUT2D eigenvalue weighted by atomic mass is 16.5. The number of carbonyl (C=O) groups is 1. The fraction of sp³-hybridized carbons (Fsp3) is 0.700. The van der Waals surface area contributed by atoms with E-state index in [0.717, 1.165) is 25.9 Å². The van der Waals surface area contributed by atoms with E-state index in [1.807, 2.05) is 0 Å². The summed E-state index contributed by atoms with van der Waals surface area (Å²) in [5, 5.41) is 3.26. The molecule has 0 unspecified atom stereocenters.